The lowest BCUT2D eigenvalue weighted by atomic mass is 9.98. The highest BCUT2D eigenvalue weighted by atomic mass is 32.3. The van der Waals surface area contributed by atoms with E-state index in [2.05, 4.69) is 55.0 Å². The molecule has 1 aliphatic heterocycles. The van der Waals surface area contributed by atoms with Crippen LogP contribution in [0.5, 0.6) is 0 Å². The van der Waals surface area contributed by atoms with Gasteiger partial charge in [-0.1, -0.05) is 66.0 Å². The molecule has 0 saturated carbocycles. The van der Waals surface area contributed by atoms with Gasteiger partial charge in [-0.2, -0.15) is 0 Å². The Morgan fingerprint density at radius 2 is 1.52 bits per heavy atom. The molecule has 2 bridgehead atoms. The van der Waals surface area contributed by atoms with Crippen LogP contribution in [-0.2, 0) is 4.79 Å². The Labute approximate surface area is 175 Å². The summed E-state index contributed by atoms with van der Waals surface area (Å²) in [5, 5.41) is 2.66. The zero-order valence-electron chi connectivity index (χ0n) is 14.8. The highest BCUT2D eigenvalue weighted by Gasteiger charge is 2.55. The molecule has 1 heterocycles. The molecule has 0 aromatic heterocycles. The van der Waals surface area contributed by atoms with Gasteiger partial charge in [0.05, 0.1) is 8.47 Å². The van der Waals surface area contributed by atoms with Crippen LogP contribution < -0.4 is 10.4 Å². The van der Waals surface area contributed by atoms with Gasteiger partial charge >= 0.3 is 0 Å². The molecule has 3 aliphatic rings. The molecule has 2 aromatic rings. The van der Waals surface area contributed by atoms with Crippen molar-refractivity contribution in [2.45, 2.75) is 4.08 Å². The van der Waals surface area contributed by atoms with E-state index < -0.39 is 0 Å². The van der Waals surface area contributed by atoms with Crippen LogP contribution in [0.1, 0.15) is 16.7 Å². The maximum absolute atomic E-state index is 10.7. The summed E-state index contributed by atoms with van der Waals surface area (Å²) in [5.41, 5.74) is 6.68. The van der Waals surface area contributed by atoms with E-state index in [-0.39, 0.29) is 4.08 Å². The quantitative estimate of drug-likeness (QED) is 0.523. The number of hydrogen-bond acceptors (Lipinski definition) is 5. The Balaban J connectivity index is 1.80. The summed E-state index contributed by atoms with van der Waals surface area (Å²) in [5.74, 6) is 0. The van der Waals surface area contributed by atoms with Crippen LogP contribution >= 0.6 is 47.0 Å². The second kappa shape index (κ2) is 6.66. The summed E-state index contributed by atoms with van der Waals surface area (Å²) in [7, 11) is 0. The Hall–Kier alpha value is -1.27. The lowest BCUT2D eigenvalue weighted by Gasteiger charge is -2.23. The number of hydrogen-bond donors (Lipinski definition) is 0. The van der Waals surface area contributed by atoms with Crippen molar-refractivity contribution in [3.63, 3.8) is 0 Å². The SMILES string of the molecule is CSC1=C(SC)SC2(S1)C1=c3ccc(/C=C/C=O)cc3=C2c2ccccc21. The largest absolute Gasteiger partial charge is 0.299 e. The predicted molar refractivity (Wildman–Crippen MR) is 124 cm³/mol. The summed E-state index contributed by atoms with van der Waals surface area (Å²) >= 11 is 7.72. The van der Waals surface area contributed by atoms with Crippen LogP contribution in [0.15, 0.2) is 57.0 Å². The Morgan fingerprint density at radius 3 is 2.11 bits per heavy atom. The van der Waals surface area contributed by atoms with Gasteiger partial charge in [-0.15, -0.1) is 23.5 Å². The summed E-state index contributed by atoms with van der Waals surface area (Å²) < 4.78 is 2.77. The summed E-state index contributed by atoms with van der Waals surface area (Å²) in [4.78, 5) is 10.7. The number of rotatable bonds is 4. The lowest BCUT2D eigenvalue weighted by Crippen LogP contribution is -2.27. The average molecular weight is 425 g/mol. The fraction of sp³-hybridized carbons (Fsp3) is 0.136. The molecule has 0 atom stereocenters. The maximum atomic E-state index is 10.7. The van der Waals surface area contributed by atoms with Gasteiger partial charge in [0.15, 0.2) is 0 Å². The average Bonchev–Trinajstić information content (AvgIpc) is 3.31. The van der Waals surface area contributed by atoms with Crippen LogP contribution in [0.4, 0.5) is 0 Å². The molecule has 1 spiro atoms. The summed E-state index contributed by atoms with van der Waals surface area (Å²) in [6, 6.07) is 15.4. The number of benzene rings is 2. The van der Waals surface area contributed by atoms with Crippen LogP contribution in [-0.4, -0.2) is 22.9 Å². The molecule has 2 aromatic carbocycles. The van der Waals surface area contributed by atoms with Crippen molar-refractivity contribution < 1.29 is 4.79 Å². The van der Waals surface area contributed by atoms with Gasteiger partial charge in [-0.05, 0) is 62.9 Å². The van der Waals surface area contributed by atoms with Crippen molar-refractivity contribution in [3.8, 4) is 0 Å². The number of carbonyl (C=O) groups is 1. The van der Waals surface area contributed by atoms with Crippen LogP contribution in [0.2, 0.25) is 0 Å². The van der Waals surface area contributed by atoms with E-state index in [0.29, 0.717) is 0 Å². The van der Waals surface area contributed by atoms with Crippen LogP contribution in [0.25, 0.3) is 17.2 Å². The molecule has 5 heteroatoms. The fourth-order valence-corrected chi connectivity index (χ4v) is 10.3. The van der Waals surface area contributed by atoms with Gasteiger partial charge in [0.25, 0.3) is 0 Å². The van der Waals surface area contributed by atoms with Gasteiger partial charge in [0.1, 0.15) is 10.4 Å². The molecule has 2 aliphatic carbocycles. The smallest absolute Gasteiger partial charge is 0.142 e. The first-order valence-electron chi connectivity index (χ1n) is 8.55. The molecule has 1 nitrogen and oxygen atoms in total. The third kappa shape index (κ3) is 2.42. The number of allylic oxidation sites excluding steroid dienone is 1. The number of aldehydes is 1. The fourth-order valence-electron chi connectivity index (χ4n) is 4.10. The van der Waals surface area contributed by atoms with Gasteiger partial charge in [-0.3, -0.25) is 4.79 Å². The topological polar surface area (TPSA) is 17.1 Å². The molecule has 27 heavy (non-hydrogen) atoms. The Kier molecular flexibility index (Phi) is 4.39. The van der Waals surface area contributed by atoms with Gasteiger partial charge in [0.2, 0.25) is 0 Å². The number of carbonyl (C=O) groups excluding carboxylic acids is 1. The first kappa shape index (κ1) is 17.8. The van der Waals surface area contributed by atoms with Crippen LogP contribution in [0.3, 0.4) is 0 Å². The highest BCUT2D eigenvalue weighted by Crippen LogP contribution is 2.71. The Morgan fingerprint density at radius 1 is 0.889 bits per heavy atom. The van der Waals surface area contributed by atoms with Crippen molar-refractivity contribution in [2.24, 2.45) is 0 Å². The minimum absolute atomic E-state index is 0.0737. The molecule has 0 unspecified atom stereocenters. The molecule has 0 N–H and O–H groups in total. The van der Waals surface area contributed by atoms with Crippen LogP contribution in [0, 0.1) is 0 Å². The third-order valence-corrected chi connectivity index (χ3v) is 10.9. The summed E-state index contributed by atoms with van der Waals surface area (Å²) in [6.45, 7) is 0. The van der Waals surface area contributed by atoms with E-state index >= 15 is 0 Å². The van der Waals surface area contributed by atoms with E-state index in [1.807, 2.05) is 53.1 Å². The lowest BCUT2D eigenvalue weighted by molar-refractivity contribution is -0.104. The minimum atomic E-state index is -0.0737. The molecule has 0 amide bonds. The van der Waals surface area contributed by atoms with Gasteiger partial charge in [-0.25, -0.2) is 0 Å². The second-order valence-corrected chi connectivity index (χ2v) is 11.3. The van der Waals surface area contributed by atoms with Crippen molar-refractivity contribution in [1.29, 1.82) is 0 Å². The predicted octanol–water partition coefficient (Wildman–Crippen LogP) is 4.65. The molecule has 0 fully saturated rings. The number of fused-ring (bicyclic) bond motifs is 4. The molecule has 0 radical (unpaired) electrons. The zero-order valence-corrected chi connectivity index (χ0v) is 18.1. The molecule has 5 rings (SSSR count). The molecular weight excluding hydrogens is 409 g/mol. The van der Waals surface area contributed by atoms with E-state index in [0.717, 1.165) is 11.8 Å². The molecular formula is C22H16OS4. The van der Waals surface area contributed by atoms with Gasteiger partial charge < -0.3 is 0 Å². The molecule has 0 saturated heterocycles. The van der Waals surface area contributed by atoms with Crippen molar-refractivity contribution >= 4 is 70.6 Å². The molecule has 134 valence electrons. The first-order chi connectivity index (χ1) is 13.2. The standard InChI is InChI=1S/C22H16OS4/c1-24-20-21(25-2)27-22(26-20)18-14-7-3-4-8-15(14)19(22)17-12-13(6-5-11-23)9-10-16(17)18/h3-12H,1-2H3/b6-5+. The van der Waals surface area contributed by atoms with E-state index in [1.165, 1.54) is 41.2 Å². The highest BCUT2D eigenvalue weighted by molar-refractivity contribution is 8.38. The monoisotopic (exact) mass is 424 g/mol. The minimum Gasteiger partial charge on any atom is -0.299 e. The van der Waals surface area contributed by atoms with E-state index in [1.54, 1.807) is 6.08 Å². The van der Waals surface area contributed by atoms with Crippen molar-refractivity contribution in [3.05, 3.63) is 84.1 Å². The van der Waals surface area contributed by atoms with Gasteiger partial charge in [0, 0.05) is 0 Å². The Bertz CT molecular complexity index is 1160. The first-order valence-corrected chi connectivity index (χ1v) is 12.6. The van der Waals surface area contributed by atoms with E-state index in [9.17, 15) is 4.79 Å². The van der Waals surface area contributed by atoms with Crippen molar-refractivity contribution in [1.82, 2.24) is 0 Å². The normalized spacial score (nSPS) is 18.7. The zero-order chi connectivity index (χ0) is 18.6. The second-order valence-electron chi connectivity index (χ2n) is 6.40. The maximum Gasteiger partial charge on any atom is 0.142 e. The van der Waals surface area contributed by atoms with Crippen molar-refractivity contribution in [2.75, 3.05) is 12.5 Å². The third-order valence-electron chi connectivity index (χ3n) is 5.08. The number of thioether (sulfide) groups is 4. The van der Waals surface area contributed by atoms with E-state index in [4.69, 9.17) is 0 Å². The summed E-state index contributed by atoms with van der Waals surface area (Å²) in [6.07, 6.45) is 8.63.